The van der Waals surface area contributed by atoms with Crippen LogP contribution in [0.1, 0.15) is 39.4 Å². The average molecular weight is 243 g/mol. The molecule has 0 aromatic carbocycles. The van der Waals surface area contributed by atoms with Crippen LogP contribution in [0.3, 0.4) is 0 Å². The predicted octanol–water partition coefficient (Wildman–Crippen LogP) is 2.25. The molecule has 0 amide bonds. The van der Waals surface area contributed by atoms with Gasteiger partial charge in [-0.15, -0.1) is 0 Å². The van der Waals surface area contributed by atoms with Crippen LogP contribution in [0.4, 0.5) is 0 Å². The summed E-state index contributed by atoms with van der Waals surface area (Å²) >= 11 is 1.83. The Kier molecular flexibility index (Phi) is 5.84. The van der Waals surface area contributed by atoms with Crippen LogP contribution >= 0.6 is 11.8 Å². The molecular formula is C11H21N3OS. The van der Waals surface area contributed by atoms with Crippen molar-refractivity contribution in [1.82, 2.24) is 15.5 Å². The highest BCUT2D eigenvalue weighted by atomic mass is 32.2. The van der Waals surface area contributed by atoms with Gasteiger partial charge in [-0.3, -0.25) is 0 Å². The zero-order valence-electron chi connectivity index (χ0n) is 10.5. The second-order valence-corrected chi connectivity index (χ2v) is 5.69. The minimum absolute atomic E-state index is 0.385. The molecule has 0 spiro atoms. The summed E-state index contributed by atoms with van der Waals surface area (Å²) in [4.78, 5) is 4.37. The fraction of sp³-hybridized carbons (Fsp3) is 0.818. The molecule has 0 aliphatic rings. The van der Waals surface area contributed by atoms with E-state index in [9.17, 15) is 0 Å². The molecule has 16 heavy (non-hydrogen) atoms. The van der Waals surface area contributed by atoms with Crippen LogP contribution in [-0.2, 0) is 12.2 Å². The fourth-order valence-corrected chi connectivity index (χ4v) is 1.96. The van der Waals surface area contributed by atoms with Gasteiger partial charge < -0.3 is 9.84 Å². The van der Waals surface area contributed by atoms with Crippen molar-refractivity contribution in [3.05, 3.63) is 11.7 Å². The van der Waals surface area contributed by atoms with E-state index in [1.807, 2.05) is 11.8 Å². The van der Waals surface area contributed by atoms with Crippen LogP contribution in [0, 0.1) is 0 Å². The van der Waals surface area contributed by atoms with Crippen molar-refractivity contribution in [2.45, 2.75) is 51.2 Å². The molecule has 0 bridgehead atoms. The minimum Gasteiger partial charge on any atom is -0.339 e. The summed E-state index contributed by atoms with van der Waals surface area (Å²) in [6.07, 6.45) is 0.799. The molecule has 0 aliphatic carbocycles. The molecule has 1 aromatic rings. The molecule has 1 heterocycles. The number of rotatable bonds is 7. The lowest BCUT2D eigenvalue weighted by atomic mass is 10.2. The van der Waals surface area contributed by atoms with Gasteiger partial charge in [0.05, 0.1) is 5.75 Å². The Morgan fingerprint density at radius 1 is 1.38 bits per heavy atom. The molecule has 0 saturated heterocycles. The first-order valence-electron chi connectivity index (χ1n) is 5.78. The normalized spacial score (nSPS) is 13.3. The maximum atomic E-state index is 5.20. The zero-order chi connectivity index (χ0) is 12.0. The van der Waals surface area contributed by atoms with Crippen molar-refractivity contribution < 1.29 is 4.52 Å². The summed E-state index contributed by atoms with van der Waals surface area (Å²) in [5.41, 5.74) is 0. The van der Waals surface area contributed by atoms with Crippen LogP contribution in [-0.4, -0.2) is 28.0 Å². The van der Waals surface area contributed by atoms with Crippen LogP contribution in [0.5, 0.6) is 0 Å². The molecule has 1 rings (SSSR count). The third-order valence-corrected chi connectivity index (χ3v) is 3.18. The van der Waals surface area contributed by atoms with Gasteiger partial charge >= 0.3 is 0 Å². The first-order chi connectivity index (χ1) is 7.61. The van der Waals surface area contributed by atoms with Crippen molar-refractivity contribution >= 4 is 11.8 Å². The van der Waals surface area contributed by atoms with E-state index in [4.69, 9.17) is 4.52 Å². The lowest BCUT2D eigenvalue weighted by Crippen LogP contribution is -2.27. The van der Waals surface area contributed by atoms with E-state index >= 15 is 0 Å². The van der Waals surface area contributed by atoms with Gasteiger partial charge in [-0.1, -0.05) is 25.9 Å². The molecule has 92 valence electrons. The highest BCUT2D eigenvalue weighted by Crippen LogP contribution is 2.15. The van der Waals surface area contributed by atoms with Crippen molar-refractivity contribution in [2.24, 2.45) is 0 Å². The molecule has 1 unspecified atom stereocenters. The Bertz CT molecular complexity index is 301. The number of nitrogens with one attached hydrogen (secondary N) is 1. The Hall–Kier alpha value is -0.550. The Morgan fingerprint density at radius 2 is 2.12 bits per heavy atom. The van der Waals surface area contributed by atoms with E-state index in [2.05, 4.69) is 43.2 Å². The highest BCUT2D eigenvalue weighted by Gasteiger charge is 2.10. The molecule has 1 N–H and O–H groups in total. The van der Waals surface area contributed by atoms with Crippen molar-refractivity contribution in [1.29, 1.82) is 0 Å². The maximum absolute atomic E-state index is 5.20. The van der Waals surface area contributed by atoms with Gasteiger partial charge in [-0.2, -0.15) is 16.7 Å². The summed E-state index contributed by atoms with van der Waals surface area (Å²) < 4.78 is 5.20. The van der Waals surface area contributed by atoms with Crippen LogP contribution in [0.15, 0.2) is 4.52 Å². The lowest BCUT2D eigenvalue weighted by molar-refractivity contribution is 0.359. The number of hydrogen-bond donors (Lipinski definition) is 1. The summed E-state index contributed by atoms with van der Waals surface area (Å²) in [5, 5.41) is 7.89. The monoisotopic (exact) mass is 243 g/mol. The molecule has 1 aromatic heterocycles. The quantitative estimate of drug-likeness (QED) is 0.796. The van der Waals surface area contributed by atoms with E-state index < -0.39 is 0 Å². The van der Waals surface area contributed by atoms with Gasteiger partial charge in [-0.05, 0) is 18.7 Å². The second-order valence-electron chi connectivity index (χ2n) is 4.13. The Balaban J connectivity index is 2.39. The molecule has 4 nitrogen and oxygen atoms in total. The van der Waals surface area contributed by atoms with Gasteiger partial charge in [0.25, 0.3) is 0 Å². The molecular weight excluding hydrogens is 222 g/mol. The average Bonchev–Trinajstić information content (AvgIpc) is 2.63. The number of likely N-dealkylation sites (N-methyl/N-ethyl adjacent to an activating group) is 1. The largest absolute Gasteiger partial charge is 0.339 e. The van der Waals surface area contributed by atoms with Crippen LogP contribution in [0.2, 0.25) is 0 Å². The van der Waals surface area contributed by atoms with Crippen LogP contribution < -0.4 is 5.32 Å². The third-order valence-electron chi connectivity index (χ3n) is 2.09. The standard InChI is InChI=1S/C11H21N3OS/c1-5-12-9(4)6-11-13-10(14-15-11)7-16-8(2)3/h8-9,12H,5-7H2,1-4H3. The van der Waals surface area contributed by atoms with Gasteiger partial charge in [0.15, 0.2) is 5.82 Å². The predicted molar refractivity (Wildman–Crippen MR) is 67.6 cm³/mol. The number of thioether (sulfide) groups is 1. The number of aromatic nitrogens is 2. The molecule has 5 heteroatoms. The van der Waals surface area contributed by atoms with Crippen molar-refractivity contribution in [3.8, 4) is 0 Å². The first-order valence-corrected chi connectivity index (χ1v) is 6.83. The molecule has 0 saturated carbocycles. The number of hydrogen-bond acceptors (Lipinski definition) is 5. The summed E-state index contributed by atoms with van der Waals surface area (Å²) in [6, 6.07) is 0.385. The lowest BCUT2D eigenvalue weighted by Gasteiger charge is -2.07. The number of nitrogens with zero attached hydrogens (tertiary/aromatic N) is 2. The van der Waals surface area contributed by atoms with E-state index in [0.29, 0.717) is 11.3 Å². The van der Waals surface area contributed by atoms with Gasteiger partial charge in [0.2, 0.25) is 5.89 Å². The second kappa shape index (κ2) is 6.91. The summed E-state index contributed by atoms with van der Waals surface area (Å²) in [7, 11) is 0. The van der Waals surface area contributed by atoms with E-state index in [1.165, 1.54) is 0 Å². The Labute approximate surface area is 102 Å². The smallest absolute Gasteiger partial charge is 0.228 e. The summed E-state index contributed by atoms with van der Waals surface area (Å²) in [5.74, 6) is 2.36. The van der Waals surface area contributed by atoms with E-state index in [0.717, 1.165) is 30.4 Å². The van der Waals surface area contributed by atoms with E-state index in [1.54, 1.807) is 0 Å². The molecule has 0 aliphatic heterocycles. The third kappa shape index (κ3) is 4.99. The Morgan fingerprint density at radius 3 is 2.75 bits per heavy atom. The van der Waals surface area contributed by atoms with Gasteiger partial charge in [-0.25, -0.2) is 0 Å². The maximum Gasteiger partial charge on any atom is 0.228 e. The zero-order valence-corrected chi connectivity index (χ0v) is 11.3. The topological polar surface area (TPSA) is 51.0 Å². The van der Waals surface area contributed by atoms with Crippen LogP contribution in [0.25, 0.3) is 0 Å². The van der Waals surface area contributed by atoms with Crippen molar-refractivity contribution in [3.63, 3.8) is 0 Å². The molecule has 1 atom stereocenters. The fourth-order valence-electron chi connectivity index (χ4n) is 1.36. The molecule has 0 radical (unpaired) electrons. The van der Waals surface area contributed by atoms with E-state index in [-0.39, 0.29) is 0 Å². The van der Waals surface area contributed by atoms with Gasteiger partial charge in [0.1, 0.15) is 0 Å². The van der Waals surface area contributed by atoms with Gasteiger partial charge in [0, 0.05) is 12.5 Å². The van der Waals surface area contributed by atoms with Crippen molar-refractivity contribution in [2.75, 3.05) is 6.54 Å². The summed E-state index contributed by atoms with van der Waals surface area (Å²) in [6.45, 7) is 9.51. The molecule has 0 fully saturated rings. The minimum atomic E-state index is 0.385. The highest BCUT2D eigenvalue weighted by molar-refractivity contribution is 7.99. The SMILES string of the molecule is CCNC(C)Cc1nc(CSC(C)C)no1. The first kappa shape index (κ1) is 13.5.